The van der Waals surface area contributed by atoms with Crippen LogP contribution in [0.4, 0.5) is 5.69 Å². The molecule has 0 aliphatic carbocycles. The van der Waals surface area contributed by atoms with E-state index >= 15 is 0 Å². The molecule has 0 radical (unpaired) electrons. The molecule has 0 spiro atoms. The van der Waals surface area contributed by atoms with E-state index in [9.17, 15) is 9.59 Å². The van der Waals surface area contributed by atoms with Crippen molar-refractivity contribution in [2.24, 2.45) is 0 Å². The SMILES string of the molecule is CCc1ccc(NC(=O)COc2cccc3c(=O)[nH]ccc23)cc1. The molecule has 0 atom stereocenters. The molecule has 122 valence electrons. The predicted molar refractivity (Wildman–Crippen MR) is 94.5 cm³/mol. The maximum Gasteiger partial charge on any atom is 0.262 e. The van der Waals surface area contributed by atoms with E-state index in [1.54, 1.807) is 30.5 Å². The van der Waals surface area contributed by atoms with E-state index in [0.717, 1.165) is 12.1 Å². The summed E-state index contributed by atoms with van der Waals surface area (Å²) >= 11 is 0. The van der Waals surface area contributed by atoms with Crippen LogP contribution in [0.2, 0.25) is 0 Å². The van der Waals surface area contributed by atoms with Gasteiger partial charge in [0.15, 0.2) is 6.61 Å². The minimum absolute atomic E-state index is 0.124. The zero-order valence-electron chi connectivity index (χ0n) is 13.3. The Morgan fingerprint density at radius 1 is 1.08 bits per heavy atom. The molecule has 3 rings (SSSR count). The van der Waals surface area contributed by atoms with Crippen molar-refractivity contribution in [2.45, 2.75) is 13.3 Å². The molecule has 0 saturated carbocycles. The number of anilines is 1. The van der Waals surface area contributed by atoms with Gasteiger partial charge in [-0.3, -0.25) is 9.59 Å². The van der Waals surface area contributed by atoms with Gasteiger partial charge in [0, 0.05) is 17.3 Å². The lowest BCUT2D eigenvalue weighted by atomic mass is 10.1. The Bertz CT molecular complexity index is 914. The van der Waals surface area contributed by atoms with Gasteiger partial charge in [-0.25, -0.2) is 0 Å². The number of hydrogen-bond donors (Lipinski definition) is 2. The van der Waals surface area contributed by atoms with E-state index < -0.39 is 0 Å². The summed E-state index contributed by atoms with van der Waals surface area (Å²) in [6.07, 6.45) is 2.52. The molecule has 0 fully saturated rings. The van der Waals surface area contributed by atoms with Crippen molar-refractivity contribution >= 4 is 22.4 Å². The number of pyridine rings is 1. The first-order valence-corrected chi connectivity index (χ1v) is 7.79. The second kappa shape index (κ2) is 7.00. The molecule has 1 aromatic heterocycles. The molecule has 0 bridgehead atoms. The van der Waals surface area contributed by atoms with Crippen LogP contribution in [-0.2, 0) is 11.2 Å². The third-order valence-electron chi connectivity index (χ3n) is 3.78. The molecule has 0 aliphatic heterocycles. The highest BCUT2D eigenvalue weighted by atomic mass is 16.5. The molecule has 2 N–H and O–H groups in total. The smallest absolute Gasteiger partial charge is 0.262 e. The highest BCUT2D eigenvalue weighted by Crippen LogP contribution is 2.22. The van der Waals surface area contributed by atoms with Crippen molar-refractivity contribution in [1.29, 1.82) is 0 Å². The van der Waals surface area contributed by atoms with Crippen LogP contribution in [0.5, 0.6) is 5.75 Å². The van der Waals surface area contributed by atoms with Gasteiger partial charge in [0.2, 0.25) is 0 Å². The summed E-state index contributed by atoms with van der Waals surface area (Å²) in [5, 5.41) is 4.01. The Labute approximate surface area is 139 Å². The molecule has 3 aromatic rings. The quantitative estimate of drug-likeness (QED) is 0.758. The number of benzene rings is 2. The molecule has 24 heavy (non-hydrogen) atoms. The molecule has 1 amide bonds. The van der Waals surface area contributed by atoms with Crippen molar-refractivity contribution in [3.05, 3.63) is 70.6 Å². The van der Waals surface area contributed by atoms with Crippen LogP contribution >= 0.6 is 0 Å². The number of carbonyl (C=O) groups excluding carboxylic acids is 1. The topological polar surface area (TPSA) is 71.2 Å². The Morgan fingerprint density at radius 3 is 2.62 bits per heavy atom. The summed E-state index contributed by atoms with van der Waals surface area (Å²) in [5.74, 6) is 0.260. The van der Waals surface area contributed by atoms with E-state index in [-0.39, 0.29) is 18.1 Å². The van der Waals surface area contributed by atoms with Gasteiger partial charge >= 0.3 is 0 Å². The van der Waals surface area contributed by atoms with Gasteiger partial charge in [-0.15, -0.1) is 0 Å². The maximum absolute atomic E-state index is 12.0. The molecule has 2 aromatic carbocycles. The molecule has 0 aliphatic rings. The fourth-order valence-corrected chi connectivity index (χ4v) is 2.48. The Hall–Kier alpha value is -3.08. The molecule has 5 heteroatoms. The standard InChI is InChI=1S/C19H18N2O3/c1-2-13-6-8-14(9-7-13)21-18(22)12-24-17-5-3-4-16-15(17)10-11-20-19(16)23/h3-11H,2,12H2,1H3,(H,20,23)(H,21,22). The zero-order valence-corrected chi connectivity index (χ0v) is 13.3. The fraction of sp³-hybridized carbons (Fsp3) is 0.158. The number of fused-ring (bicyclic) bond motifs is 1. The number of rotatable bonds is 5. The van der Waals surface area contributed by atoms with Gasteiger partial charge in [0.05, 0.1) is 5.39 Å². The lowest BCUT2D eigenvalue weighted by molar-refractivity contribution is -0.118. The molecule has 0 saturated heterocycles. The van der Waals surface area contributed by atoms with Crippen molar-refractivity contribution in [2.75, 3.05) is 11.9 Å². The zero-order chi connectivity index (χ0) is 16.9. The lowest BCUT2D eigenvalue weighted by Gasteiger charge is -2.10. The van der Waals surface area contributed by atoms with Gasteiger partial charge in [-0.05, 0) is 42.3 Å². The number of H-pyrrole nitrogens is 1. The van der Waals surface area contributed by atoms with E-state index in [1.807, 2.05) is 24.3 Å². The number of nitrogens with one attached hydrogen (secondary N) is 2. The van der Waals surface area contributed by atoms with Crippen LogP contribution in [-0.4, -0.2) is 17.5 Å². The first kappa shape index (κ1) is 15.8. The van der Waals surface area contributed by atoms with Crippen LogP contribution in [0.15, 0.2) is 59.5 Å². The molecular weight excluding hydrogens is 304 g/mol. The van der Waals surface area contributed by atoms with Crippen LogP contribution in [0, 0.1) is 0 Å². The highest BCUT2D eigenvalue weighted by Gasteiger charge is 2.08. The van der Waals surface area contributed by atoms with E-state index in [1.165, 1.54) is 5.56 Å². The van der Waals surface area contributed by atoms with Gasteiger partial charge < -0.3 is 15.0 Å². The summed E-state index contributed by atoms with van der Waals surface area (Å²) in [6.45, 7) is 1.96. The fourth-order valence-electron chi connectivity index (χ4n) is 2.48. The lowest BCUT2D eigenvalue weighted by Crippen LogP contribution is -2.20. The molecule has 0 unspecified atom stereocenters. The van der Waals surface area contributed by atoms with E-state index in [4.69, 9.17) is 4.74 Å². The Kier molecular flexibility index (Phi) is 4.61. The van der Waals surface area contributed by atoms with Gasteiger partial charge in [0.25, 0.3) is 11.5 Å². The van der Waals surface area contributed by atoms with E-state index in [2.05, 4.69) is 17.2 Å². The third-order valence-corrected chi connectivity index (χ3v) is 3.78. The summed E-state index contributed by atoms with van der Waals surface area (Å²) < 4.78 is 5.59. The number of ether oxygens (including phenoxy) is 1. The first-order valence-electron chi connectivity index (χ1n) is 7.79. The van der Waals surface area contributed by atoms with Crippen LogP contribution in [0.3, 0.4) is 0 Å². The summed E-state index contributed by atoms with van der Waals surface area (Å²) in [6, 6.07) is 14.6. The largest absolute Gasteiger partial charge is 0.483 e. The minimum atomic E-state index is -0.249. The molecule has 1 heterocycles. The normalized spacial score (nSPS) is 10.5. The summed E-state index contributed by atoms with van der Waals surface area (Å²) in [5.41, 5.74) is 1.76. The number of aromatic amines is 1. The number of carbonyl (C=O) groups is 1. The van der Waals surface area contributed by atoms with Crippen LogP contribution < -0.4 is 15.6 Å². The number of aromatic nitrogens is 1. The van der Waals surface area contributed by atoms with Crippen molar-refractivity contribution in [3.8, 4) is 5.75 Å². The van der Waals surface area contributed by atoms with Crippen molar-refractivity contribution in [3.63, 3.8) is 0 Å². The van der Waals surface area contributed by atoms with Crippen LogP contribution in [0.1, 0.15) is 12.5 Å². The van der Waals surface area contributed by atoms with Gasteiger partial charge in [-0.1, -0.05) is 25.1 Å². The first-order chi connectivity index (χ1) is 11.7. The summed E-state index contributed by atoms with van der Waals surface area (Å²) in [7, 11) is 0. The Morgan fingerprint density at radius 2 is 1.88 bits per heavy atom. The van der Waals surface area contributed by atoms with Crippen LogP contribution in [0.25, 0.3) is 10.8 Å². The number of amides is 1. The van der Waals surface area contributed by atoms with Gasteiger partial charge in [-0.2, -0.15) is 0 Å². The van der Waals surface area contributed by atoms with Crippen molar-refractivity contribution < 1.29 is 9.53 Å². The van der Waals surface area contributed by atoms with Crippen molar-refractivity contribution in [1.82, 2.24) is 4.98 Å². The number of hydrogen-bond acceptors (Lipinski definition) is 3. The van der Waals surface area contributed by atoms with E-state index in [0.29, 0.717) is 16.5 Å². The average molecular weight is 322 g/mol. The second-order valence-electron chi connectivity index (χ2n) is 5.41. The van der Waals surface area contributed by atoms with Gasteiger partial charge in [0.1, 0.15) is 5.75 Å². The minimum Gasteiger partial charge on any atom is -0.483 e. The predicted octanol–water partition coefficient (Wildman–Crippen LogP) is 3.11. The third kappa shape index (κ3) is 3.46. The summed E-state index contributed by atoms with van der Waals surface area (Å²) in [4.78, 5) is 26.4. The monoisotopic (exact) mass is 322 g/mol. The Balaban J connectivity index is 1.68. The molecule has 5 nitrogen and oxygen atoms in total. The highest BCUT2D eigenvalue weighted by molar-refractivity contribution is 5.92. The average Bonchev–Trinajstić information content (AvgIpc) is 2.61. The second-order valence-corrected chi connectivity index (χ2v) is 5.41. The molecular formula is C19H18N2O3. The number of aryl methyl sites for hydroxylation is 1. The maximum atomic E-state index is 12.0.